The molecule has 17 nitrogen and oxygen atoms in total. The van der Waals surface area contributed by atoms with Crippen LogP contribution in [-0.4, -0.2) is 96.7 Å². The SMILES string of the molecule is CCCCCCCCCCCCCCCCCCCCC(=O)OC[C@H](COP(=O)(O)OC[C@@H](O)COP(=O)(O)OC[C@@H](COC(=O)CCCCCCCCC(C)CC)OC(=O)CCCCCCCCC(C)CC)OC(=O)CCCCCCCCCCCCCCCCCCCC. The van der Waals surface area contributed by atoms with Gasteiger partial charge in [0.1, 0.15) is 19.3 Å². The Morgan fingerprint density at radius 1 is 0.292 bits per heavy atom. The number of phosphoric acid groups is 2. The van der Waals surface area contributed by atoms with Crippen molar-refractivity contribution < 1.29 is 80.2 Å². The summed E-state index contributed by atoms with van der Waals surface area (Å²) < 4.78 is 68.5. The zero-order valence-corrected chi connectivity index (χ0v) is 64.5. The number of aliphatic hydroxyl groups excluding tert-OH is 1. The van der Waals surface area contributed by atoms with Crippen LogP contribution in [0, 0.1) is 11.8 Å². The number of carbonyl (C=O) groups excluding carboxylic acids is 4. The van der Waals surface area contributed by atoms with Crippen molar-refractivity contribution in [2.45, 2.75) is 419 Å². The van der Waals surface area contributed by atoms with Gasteiger partial charge in [-0.1, -0.05) is 350 Å². The summed E-state index contributed by atoms with van der Waals surface area (Å²) in [5, 5.41) is 10.6. The second-order valence-electron chi connectivity index (χ2n) is 28.2. The fraction of sp³-hybridized carbons (Fsp3) is 0.948. The molecule has 0 heterocycles. The van der Waals surface area contributed by atoms with Gasteiger partial charge in [-0.05, 0) is 37.5 Å². The summed E-state index contributed by atoms with van der Waals surface area (Å²) in [7, 11) is -9.91. The summed E-state index contributed by atoms with van der Waals surface area (Å²) in [6, 6.07) is 0. The Hall–Kier alpha value is -1.94. The van der Waals surface area contributed by atoms with Gasteiger partial charge in [0.2, 0.25) is 0 Å². The van der Waals surface area contributed by atoms with Crippen molar-refractivity contribution in [3.8, 4) is 0 Å². The number of carbonyl (C=O) groups is 4. The highest BCUT2D eigenvalue weighted by molar-refractivity contribution is 7.47. The number of phosphoric ester groups is 2. The number of esters is 4. The molecule has 0 rings (SSSR count). The maximum absolute atomic E-state index is 13.1. The van der Waals surface area contributed by atoms with Gasteiger partial charge in [-0.2, -0.15) is 0 Å². The van der Waals surface area contributed by atoms with Crippen molar-refractivity contribution in [1.82, 2.24) is 0 Å². The molecule has 96 heavy (non-hydrogen) atoms. The normalized spacial score (nSPS) is 14.6. The van der Waals surface area contributed by atoms with Gasteiger partial charge in [0, 0.05) is 25.7 Å². The van der Waals surface area contributed by atoms with Crippen LogP contribution in [0.5, 0.6) is 0 Å². The summed E-state index contributed by atoms with van der Waals surface area (Å²) in [5.41, 5.74) is 0. The Balaban J connectivity index is 5.22. The maximum atomic E-state index is 13.1. The van der Waals surface area contributed by atoms with Crippen LogP contribution in [0.2, 0.25) is 0 Å². The molecule has 0 amide bonds. The molecular formula is C77H150O17P2. The Labute approximate surface area is 588 Å². The summed E-state index contributed by atoms with van der Waals surface area (Å²) in [4.78, 5) is 72.8. The van der Waals surface area contributed by atoms with E-state index in [4.69, 9.17) is 37.0 Å². The predicted octanol–water partition coefficient (Wildman–Crippen LogP) is 22.7. The standard InChI is InChI=1S/C77H150O17P2/c1-7-11-13-15-17-19-21-23-25-27-29-31-33-35-37-39-47-53-59-74(79)87-65-72(93-76(81)61-55-49-40-38-36-34-32-30-28-26-24-22-20-18-16-14-12-8-2)67-91-95(83,84)89-63-71(78)64-90-96(85,86)92-68-73(94-77(82)62-56-50-44-42-46-52-58-70(6)10-4)66-88-75(80)60-54-48-43-41-45-51-57-69(5)9-3/h69-73,78H,7-68H2,1-6H3,(H,83,84)(H,85,86)/t69?,70?,71-,72-,73-/m1/s1. The van der Waals surface area contributed by atoms with Crippen LogP contribution < -0.4 is 0 Å². The van der Waals surface area contributed by atoms with E-state index < -0.39 is 97.5 Å². The molecule has 4 unspecified atom stereocenters. The molecule has 570 valence electrons. The molecule has 0 spiro atoms. The van der Waals surface area contributed by atoms with E-state index in [2.05, 4.69) is 41.5 Å². The van der Waals surface area contributed by atoms with Crippen molar-refractivity contribution in [1.29, 1.82) is 0 Å². The molecule has 0 saturated carbocycles. The minimum atomic E-state index is -4.96. The van der Waals surface area contributed by atoms with E-state index in [1.54, 1.807) is 0 Å². The highest BCUT2D eigenvalue weighted by Crippen LogP contribution is 2.45. The molecule has 0 aromatic carbocycles. The van der Waals surface area contributed by atoms with Gasteiger partial charge in [-0.25, -0.2) is 9.13 Å². The lowest BCUT2D eigenvalue weighted by Crippen LogP contribution is -2.30. The summed E-state index contributed by atoms with van der Waals surface area (Å²) in [5.74, 6) is -0.668. The Morgan fingerprint density at radius 2 is 0.500 bits per heavy atom. The van der Waals surface area contributed by atoms with Crippen LogP contribution in [0.4, 0.5) is 0 Å². The predicted molar refractivity (Wildman–Crippen MR) is 391 cm³/mol. The van der Waals surface area contributed by atoms with E-state index in [1.165, 1.54) is 212 Å². The molecule has 0 aliphatic rings. The lowest BCUT2D eigenvalue weighted by Gasteiger charge is -2.21. The second-order valence-corrected chi connectivity index (χ2v) is 31.1. The first-order valence-electron chi connectivity index (χ1n) is 40.1. The van der Waals surface area contributed by atoms with Crippen molar-refractivity contribution in [2.24, 2.45) is 11.8 Å². The molecule has 3 N–H and O–H groups in total. The van der Waals surface area contributed by atoms with E-state index in [1.807, 2.05) is 0 Å². The first kappa shape index (κ1) is 94.1. The molecule has 0 saturated heterocycles. The third-order valence-corrected chi connectivity index (χ3v) is 20.6. The van der Waals surface area contributed by atoms with Gasteiger partial charge in [-0.3, -0.25) is 37.3 Å². The van der Waals surface area contributed by atoms with Crippen LogP contribution in [0.25, 0.3) is 0 Å². The van der Waals surface area contributed by atoms with Crippen molar-refractivity contribution in [2.75, 3.05) is 39.6 Å². The minimum Gasteiger partial charge on any atom is -0.462 e. The minimum absolute atomic E-state index is 0.102. The average Bonchev–Trinajstić information content (AvgIpc) is 2.14. The van der Waals surface area contributed by atoms with Crippen molar-refractivity contribution in [3.63, 3.8) is 0 Å². The summed E-state index contributed by atoms with van der Waals surface area (Å²) in [6.07, 6.45) is 57.1. The first-order chi connectivity index (χ1) is 46.4. The first-order valence-corrected chi connectivity index (χ1v) is 43.1. The van der Waals surface area contributed by atoms with Crippen molar-refractivity contribution in [3.05, 3.63) is 0 Å². The van der Waals surface area contributed by atoms with Gasteiger partial charge in [0.25, 0.3) is 0 Å². The Morgan fingerprint density at radius 3 is 0.740 bits per heavy atom. The van der Waals surface area contributed by atoms with E-state index in [0.29, 0.717) is 25.7 Å². The largest absolute Gasteiger partial charge is 0.472 e. The molecule has 0 radical (unpaired) electrons. The number of aliphatic hydroxyl groups is 1. The van der Waals surface area contributed by atoms with Gasteiger partial charge in [0.15, 0.2) is 12.2 Å². The van der Waals surface area contributed by atoms with Crippen LogP contribution in [0.3, 0.4) is 0 Å². The molecule has 7 atom stereocenters. The molecule has 19 heteroatoms. The van der Waals surface area contributed by atoms with Crippen LogP contribution in [0.15, 0.2) is 0 Å². The number of rotatable bonds is 76. The third-order valence-electron chi connectivity index (χ3n) is 18.7. The fourth-order valence-electron chi connectivity index (χ4n) is 11.8. The lowest BCUT2D eigenvalue weighted by atomic mass is 10.00. The van der Waals surface area contributed by atoms with Gasteiger partial charge < -0.3 is 33.8 Å². The van der Waals surface area contributed by atoms with Gasteiger partial charge in [0.05, 0.1) is 26.4 Å². The third kappa shape index (κ3) is 67.9. The molecule has 0 aliphatic heterocycles. The molecular weight excluding hydrogens is 1260 g/mol. The van der Waals surface area contributed by atoms with Gasteiger partial charge in [-0.15, -0.1) is 0 Å². The molecule has 0 bridgehead atoms. The Bertz CT molecular complexity index is 1860. The van der Waals surface area contributed by atoms with E-state index >= 15 is 0 Å². The van der Waals surface area contributed by atoms with Crippen LogP contribution >= 0.6 is 15.6 Å². The molecule has 0 aliphatic carbocycles. The van der Waals surface area contributed by atoms with E-state index in [9.17, 15) is 43.2 Å². The summed E-state index contributed by atoms with van der Waals surface area (Å²) >= 11 is 0. The number of hydrogen-bond donors (Lipinski definition) is 3. The zero-order chi connectivity index (χ0) is 70.7. The Kier molecular flexibility index (Phi) is 67.4. The number of hydrogen-bond acceptors (Lipinski definition) is 15. The summed E-state index contributed by atoms with van der Waals surface area (Å²) in [6.45, 7) is 9.51. The van der Waals surface area contributed by atoms with Gasteiger partial charge >= 0.3 is 39.5 Å². The topological polar surface area (TPSA) is 237 Å². The van der Waals surface area contributed by atoms with E-state index in [-0.39, 0.29) is 25.7 Å². The number of ether oxygens (including phenoxy) is 4. The van der Waals surface area contributed by atoms with Crippen LogP contribution in [0.1, 0.15) is 401 Å². The molecule has 0 aromatic rings. The maximum Gasteiger partial charge on any atom is 0.472 e. The number of unbranched alkanes of at least 4 members (excludes halogenated alkanes) is 44. The zero-order valence-electron chi connectivity index (χ0n) is 62.7. The molecule has 0 fully saturated rings. The highest BCUT2D eigenvalue weighted by atomic mass is 31.2. The average molecular weight is 1410 g/mol. The van der Waals surface area contributed by atoms with E-state index in [0.717, 1.165) is 108 Å². The quantitative estimate of drug-likeness (QED) is 0.0222. The monoisotopic (exact) mass is 1410 g/mol. The van der Waals surface area contributed by atoms with Crippen LogP contribution in [-0.2, 0) is 65.4 Å². The molecule has 0 aromatic heterocycles. The lowest BCUT2D eigenvalue weighted by molar-refractivity contribution is -0.161. The smallest absolute Gasteiger partial charge is 0.462 e. The van der Waals surface area contributed by atoms with Crippen molar-refractivity contribution >= 4 is 39.5 Å². The second kappa shape index (κ2) is 68.8. The fourth-order valence-corrected chi connectivity index (χ4v) is 13.3. The highest BCUT2D eigenvalue weighted by Gasteiger charge is 2.30.